The van der Waals surface area contributed by atoms with Gasteiger partial charge in [-0.25, -0.2) is 0 Å². The van der Waals surface area contributed by atoms with Crippen molar-refractivity contribution in [1.29, 1.82) is 0 Å². The second-order valence-electron chi connectivity index (χ2n) is 7.10. The molecule has 0 bridgehead atoms. The predicted molar refractivity (Wildman–Crippen MR) is 113 cm³/mol. The van der Waals surface area contributed by atoms with Gasteiger partial charge in [0.2, 0.25) is 0 Å². The molecule has 3 nitrogen and oxygen atoms in total. The summed E-state index contributed by atoms with van der Waals surface area (Å²) in [7, 11) is -4.12. The maximum absolute atomic E-state index is 11.4. The van der Waals surface area contributed by atoms with Gasteiger partial charge in [0.05, 0.1) is 4.90 Å². The molecular formula is C21H37KO3S. The van der Waals surface area contributed by atoms with Gasteiger partial charge >= 0.3 is 51.4 Å². The van der Waals surface area contributed by atoms with Crippen LogP contribution in [0.15, 0.2) is 23.1 Å². The number of hydrogen-bond donors (Lipinski definition) is 1. The number of aryl methyl sites for hydroxylation is 2. The summed E-state index contributed by atoms with van der Waals surface area (Å²) in [6, 6.07) is 5.36. The maximum atomic E-state index is 11.4. The van der Waals surface area contributed by atoms with Gasteiger partial charge in [-0.1, -0.05) is 90.2 Å². The van der Waals surface area contributed by atoms with Crippen molar-refractivity contribution in [2.75, 3.05) is 0 Å². The summed E-state index contributed by atoms with van der Waals surface area (Å²) >= 11 is 0. The second kappa shape index (κ2) is 15.7. The molecule has 0 saturated heterocycles. The molecule has 0 aliphatic carbocycles. The fourth-order valence-electron chi connectivity index (χ4n) is 3.32. The summed E-state index contributed by atoms with van der Waals surface area (Å²) in [5.74, 6) is 0. The number of unbranched alkanes of at least 4 members (excludes halogenated alkanes) is 9. The topological polar surface area (TPSA) is 54.4 Å². The molecule has 0 aromatic heterocycles. The van der Waals surface area contributed by atoms with E-state index in [1.54, 1.807) is 6.07 Å². The van der Waals surface area contributed by atoms with Crippen molar-refractivity contribution < 1.29 is 13.0 Å². The van der Waals surface area contributed by atoms with Crippen molar-refractivity contribution in [2.45, 2.75) is 102 Å². The zero-order chi connectivity index (χ0) is 18.5. The Morgan fingerprint density at radius 2 is 1.31 bits per heavy atom. The van der Waals surface area contributed by atoms with Crippen molar-refractivity contribution in [3.05, 3.63) is 29.3 Å². The first-order chi connectivity index (χ1) is 12.0. The molecule has 0 amide bonds. The third-order valence-electron chi connectivity index (χ3n) is 4.74. The van der Waals surface area contributed by atoms with Crippen LogP contribution in [0.25, 0.3) is 0 Å². The van der Waals surface area contributed by atoms with Gasteiger partial charge in [0, 0.05) is 0 Å². The van der Waals surface area contributed by atoms with Gasteiger partial charge in [0.15, 0.2) is 0 Å². The molecule has 5 heteroatoms. The molecule has 0 spiro atoms. The first-order valence-corrected chi connectivity index (χ1v) is 11.5. The van der Waals surface area contributed by atoms with Crippen molar-refractivity contribution in [2.24, 2.45) is 0 Å². The normalized spacial score (nSPS) is 11.3. The molecule has 0 heterocycles. The summed E-state index contributed by atoms with van der Waals surface area (Å²) in [6.45, 7) is 4.27. The van der Waals surface area contributed by atoms with E-state index in [9.17, 15) is 13.0 Å². The zero-order valence-electron chi connectivity index (χ0n) is 16.1. The minimum atomic E-state index is -4.12. The number of hydrogen-bond acceptors (Lipinski definition) is 2. The van der Waals surface area contributed by atoms with Crippen LogP contribution in [-0.4, -0.2) is 64.4 Å². The van der Waals surface area contributed by atoms with Crippen LogP contribution in [0.2, 0.25) is 0 Å². The van der Waals surface area contributed by atoms with Gasteiger partial charge in [-0.3, -0.25) is 4.55 Å². The third kappa shape index (κ3) is 11.6. The average molecular weight is 409 g/mol. The Kier molecular flexibility index (Phi) is 16.1. The van der Waals surface area contributed by atoms with Crippen LogP contribution in [0.1, 0.15) is 95.6 Å². The van der Waals surface area contributed by atoms with Gasteiger partial charge in [0.25, 0.3) is 10.1 Å². The van der Waals surface area contributed by atoms with Crippen LogP contribution < -0.4 is 0 Å². The summed E-state index contributed by atoms with van der Waals surface area (Å²) < 4.78 is 32.2. The van der Waals surface area contributed by atoms with Crippen LogP contribution in [-0.2, 0) is 23.0 Å². The van der Waals surface area contributed by atoms with E-state index >= 15 is 0 Å². The van der Waals surface area contributed by atoms with Crippen molar-refractivity contribution in [3.63, 3.8) is 0 Å². The minimum absolute atomic E-state index is 0. The molecule has 1 rings (SSSR count). The van der Waals surface area contributed by atoms with Gasteiger partial charge in [0.1, 0.15) is 0 Å². The Morgan fingerprint density at radius 1 is 0.769 bits per heavy atom. The van der Waals surface area contributed by atoms with E-state index in [-0.39, 0.29) is 56.3 Å². The molecule has 1 aromatic rings. The molecule has 0 aliphatic heterocycles. The molecule has 0 atom stereocenters. The van der Waals surface area contributed by atoms with Crippen molar-refractivity contribution >= 4 is 61.5 Å². The summed E-state index contributed by atoms with van der Waals surface area (Å²) in [5.41, 5.74) is 1.92. The van der Waals surface area contributed by atoms with Gasteiger partial charge < -0.3 is 0 Å². The zero-order valence-corrected chi connectivity index (χ0v) is 16.9. The van der Waals surface area contributed by atoms with Crippen molar-refractivity contribution in [1.82, 2.24) is 0 Å². The van der Waals surface area contributed by atoms with Gasteiger partial charge in [-0.2, -0.15) is 8.42 Å². The van der Waals surface area contributed by atoms with E-state index in [0.717, 1.165) is 24.8 Å². The SMILES string of the molecule is CCCCCCCCCCCCc1ccc(S(=O)(=O)O)c(CCC)c1.[KH]. The Morgan fingerprint density at radius 3 is 1.81 bits per heavy atom. The van der Waals surface area contributed by atoms with E-state index in [1.807, 2.05) is 19.1 Å². The fraction of sp³-hybridized carbons (Fsp3) is 0.714. The Bertz CT molecular complexity index is 585. The molecule has 1 aromatic carbocycles. The number of rotatable bonds is 14. The standard InChI is InChI=1S/C21H36O3S.K.H/c1-3-5-6-7-8-9-10-11-12-13-15-19-16-17-21(25(22,23)24)20(18-19)14-4-2;;/h16-18H,3-15H2,1-2H3,(H,22,23,24);;. The van der Waals surface area contributed by atoms with E-state index in [1.165, 1.54) is 63.4 Å². The third-order valence-corrected chi connectivity index (χ3v) is 5.70. The molecule has 0 fully saturated rings. The number of benzene rings is 1. The van der Waals surface area contributed by atoms with Crippen LogP contribution in [0.4, 0.5) is 0 Å². The molecule has 26 heavy (non-hydrogen) atoms. The fourth-order valence-corrected chi connectivity index (χ4v) is 4.05. The first kappa shape index (κ1) is 26.8. The molecular weight excluding hydrogens is 371 g/mol. The average Bonchev–Trinajstić information content (AvgIpc) is 2.56. The van der Waals surface area contributed by atoms with Crippen LogP contribution in [0, 0.1) is 0 Å². The monoisotopic (exact) mass is 408 g/mol. The molecule has 1 N–H and O–H groups in total. The molecule has 0 aliphatic rings. The Hall–Kier alpha value is 0.766. The quantitative estimate of drug-likeness (QED) is 0.244. The molecule has 0 saturated carbocycles. The van der Waals surface area contributed by atoms with Gasteiger partial charge in [-0.15, -0.1) is 0 Å². The van der Waals surface area contributed by atoms with Crippen LogP contribution in [0.3, 0.4) is 0 Å². The van der Waals surface area contributed by atoms with E-state index < -0.39 is 10.1 Å². The Balaban J connectivity index is 0.00000625. The second-order valence-corrected chi connectivity index (χ2v) is 8.49. The molecule has 146 valence electrons. The summed E-state index contributed by atoms with van der Waals surface area (Å²) in [5, 5.41) is 0. The van der Waals surface area contributed by atoms with Gasteiger partial charge in [-0.05, 0) is 36.5 Å². The van der Waals surface area contributed by atoms with Crippen LogP contribution >= 0.6 is 0 Å². The van der Waals surface area contributed by atoms with Crippen LogP contribution in [0.5, 0.6) is 0 Å². The summed E-state index contributed by atoms with van der Waals surface area (Å²) in [4.78, 5) is 0.0705. The molecule has 0 radical (unpaired) electrons. The first-order valence-electron chi connectivity index (χ1n) is 10.1. The van der Waals surface area contributed by atoms with E-state index in [2.05, 4.69) is 6.92 Å². The van der Waals surface area contributed by atoms with E-state index in [0.29, 0.717) is 6.42 Å². The summed E-state index contributed by atoms with van der Waals surface area (Å²) in [6.07, 6.45) is 15.7. The predicted octanol–water partition coefficient (Wildman–Crippen LogP) is 5.70. The molecule has 0 unspecified atom stereocenters. The van der Waals surface area contributed by atoms with Crippen molar-refractivity contribution in [3.8, 4) is 0 Å². The Labute approximate surface area is 203 Å². The van der Waals surface area contributed by atoms with E-state index in [4.69, 9.17) is 0 Å².